The summed E-state index contributed by atoms with van der Waals surface area (Å²) in [5.74, 6) is -0.170. The normalized spacial score (nSPS) is 11.2. The maximum absolute atomic E-state index is 12.2. The second-order valence-electron chi connectivity index (χ2n) is 4.81. The molecule has 1 amide bonds. The summed E-state index contributed by atoms with van der Waals surface area (Å²) >= 11 is 0. The van der Waals surface area contributed by atoms with Crippen LogP contribution in [-0.4, -0.2) is 46.6 Å². The minimum atomic E-state index is -0.910. The number of anilines is 1. The van der Waals surface area contributed by atoms with Gasteiger partial charge in [-0.1, -0.05) is 0 Å². The van der Waals surface area contributed by atoms with Gasteiger partial charge in [-0.15, -0.1) is 0 Å². The maximum Gasteiger partial charge on any atom is 0.272 e. The number of carbonyl (C=O) groups is 1. The molecule has 0 radical (unpaired) electrons. The first-order valence-corrected chi connectivity index (χ1v) is 6.03. The Morgan fingerprint density at radius 2 is 2.22 bits per heavy atom. The Hall–Kier alpha value is -1.62. The van der Waals surface area contributed by atoms with Gasteiger partial charge in [0.15, 0.2) is 0 Å². The van der Waals surface area contributed by atoms with Crippen molar-refractivity contribution < 1.29 is 9.90 Å². The van der Waals surface area contributed by atoms with Crippen LogP contribution in [0.3, 0.4) is 0 Å². The van der Waals surface area contributed by atoms with Crippen LogP contribution in [0.15, 0.2) is 18.3 Å². The largest absolute Gasteiger partial charge is 0.389 e. The highest BCUT2D eigenvalue weighted by Gasteiger charge is 2.23. The lowest BCUT2D eigenvalue weighted by molar-refractivity contribution is 0.0311. The summed E-state index contributed by atoms with van der Waals surface area (Å²) < 4.78 is 0. The molecule has 1 heterocycles. The number of nitrogens with zero attached hydrogens (tertiary/aromatic N) is 2. The topological polar surface area (TPSA) is 65.5 Å². The van der Waals surface area contributed by atoms with Gasteiger partial charge < -0.3 is 15.3 Å². The van der Waals surface area contributed by atoms with Crippen molar-refractivity contribution >= 4 is 11.6 Å². The summed E-state index contributed by atoms with van der Waals surface area (Å²) in [5.41, 5.74) is 0.312. The van der Waals surface area contributed by atoms with Gasteiger partial charge in [0.25, 0.3) is 5.91 Å². The second-order valence-corrected chi connectivity index (χ2v) is 4.81. The highest BCUT2D eigenvalue weighted by atomic mass is 16.3. The highest BCUT2D eigenvalue weighted by Crippen LogP contribution is 2.12. The number of pyridine rings is 1. The van der Waals surface area contributed by atoms with Crippen molar-refractivity contribution in [1.29, 1.82) is 0 Å². The molecule has 5 heteroatoms. The molecule has 1 aromatic rings. The molecule has 1 aromatic heterocycles. The van der Waals surface area contributed by atoms with E-state index in [1.165, 1.54) is 0 Å². The summed E-state index contributed by atoms with van der Waals surface area (Å²) in [7, 11) is 1.79. The van der Waals surface area contributed by atoms with Gasteiger partial charge in [0.05, 0.1) is 5.60 Å². The van der Waals surface area contributed by atoms with E-state index in [2.05, 4.69) is 10.3 Å². The number of aliphatic hydroxyl groups is 1. The third kappa shape index (κ3) is 4.00. The van der Waals surface area contributed by atoms with Crippen molar-refractivity contribution in [2.45, 2.75) is 26.4 Å². The van der Waals surface area contributed by atoms with Gasteiger partial charge in [-0.3, -0.25) is 9.78 Å². The van der Waals surface area contributed by atoms with E-state index in [-0.39, 0.29) is 12.5 Å². The van der Waals surface area contributed by atoms with Crippen LogP contribution in [0.2, 0.25) is 0 Å². The number of aromatic nitrogens is 1. The second kappa shape index (κ2) is 5.82. The molecule has 0 saturated heterocycles. The number of nitrogens with one attached hydrogen (secondary N) is 1. The minimum Gasteiger partial charge on any atom is -0.389 e. The molecule has 5 nitrogen and oxygen atoms in total. The molecule has 1 rings (SSSR count). The zero-order chi connectivity index (χ0) is 13.8. The van der Waals surface area contributed by atoms with Gasteiger partial charge >= 0.3 is 0 Å². The predicted octanol–water partition coefficient (Wildman–Crippen LogP) is 1.36. The molecule has 2 N–H and O–H groups in total. The first-order valence-electron chi connectivity index (χ1n) is 6.03. The molecule has 0 aliphatic rings. The summed E-state index contributed by atoms with van der Waals surface area (Å²) in [6, 6.07) is 3.50. The van der Waals surface area contributed by atoms with Gasteiger partial charge in [-0.2, -0.15) is 0 Å². The molecular formula is C13H21N3O2. The molecular weight excluding hydrogens is 230 g/mol. The molecule has 0 bridgehead atoms. The smallest absolute Gasteiger partial charge is 0.272 e. The van der Waals surface area contributed by atoms with E-state index in [0.717, 1.165) is 5.69 Å². The minimum absolute atomic E-state index is 0.170. The van der Waals surface area contributed by atoms with E-state index in [4.69, 9.17) is 0 Å². The molecule has 0 fully saturated rings. The SMILES string of the molecule is CCN(CC(C)(C)O)C(=O)c1cc(NC)ccn1. The third-order valence-electron chi connectivity index (χ3n) is 2.51. The Morgan fingerprint density at radius 1 is 1.56 bits per heavy atom. The van der Waals surface area contributed by atoms with Crippen molar-refractivity contribution in [3.8, 4) is 0 Å². The lowest BCUT2D eigenvalue weighted by Gasteiger charge is -2.27. The van der Waals surface area contributed by atoms with Crippen molar-refractivity contribution in [2.75, 3.05) is 25.5 Å². The first-order chi connectivity index (χ1) is 8.37. The number of hydrogen-bond acceptors (Lipinski definition) is 4. The number of hydrogen-bond donors (Lipinski definition) is 2. The average molecular weight is 251 g/mol. The fourth-order valence-electron chi connectivity index (χ4n) is 1.66. The van der Waals surface area contributed by atoms with Crippen LogP contribution < -0.4 is 5.32 Å². The fourth-order valence-corrected chi connectivity index (χ4v) is 1.66. The van der Waals surface area contributed by atoms with E-state index >= 15 is 0 Å². The number of likely N-dealkylation sites (N-methyl/N-ethyl adjacent to an activating group) is 1. The lowest BCUT2D eigenvalue weighted by Crippen LogP contribution is -2.42. The highest BCUT2D eigenvalue weighted by molar-refractivity contribution is 5.93. The zero-order valence-corrected chi connectivity index (χ0v) is 11.4. The standard InChI is InChI=1S/C13H21N3O2/c1-5-16(9-13(2,3)18)12(17)11-8-10(14-4)6-7-15-11/h6-8,18H,5,9H2,1-4H3,(H,14,15). The van der Waals surface area contributed by atoms with E-state index in [9.17, 15) is 9.90 Å². The van der Waals surface area contributed by atoms with Crippen molar-refractivity contribution in [3.63, 3.8) is 0 Å². The number of amides is 1. The summed E-state index contributed by atoms with van der Waals surface area (Å²) in [5, 5.41) is 12.8. The van der Waals surface area contributed by atoms with Gasteiger partial charge in [0.2, 0.25) is 0 Å². The fraction of sp³-hybridized carbons (Fsp3) is 0.538. The molecule has 0 saturated carbocycles. The van der Waals surface area contributed by atoms with Crippen molar-refractivity contribution in [1.82, 2.24) is 9.88 Å². The third-order valence-corrected chi connectivity index (χ3v) is 2.51. The van der Waals surface area contributed by atoms with Gasteiger partial charge in [0, 0.05) is 32.0 Å². The monoisotopic (exact) mass is 251 g/mol. The summed E-state index contributed by atoms with van der Waals surface area (Å²) in [4.78, 5) is 17.9. The molecule has 0 aromatic carbocycles. The van der Waals surface area contributed by atoms with Gasteiger partial charge in [-0.05, 0) is 32.9 Å². The zero-order valence-electron chi connectivity index (χ0n) is 11.4. The Bertz CT molecular complexity index is 413. The Labute approximate surface area is 108 Å². The van der Waals surface area contributed by atoms with E-state index in [1.807, 2.05) is 6.92 Å². The maximum atomic E-state index is 12.2. The van der Waals surface area contributed by atoms with Crippen LogP contribution in [-0.2, 0) is 0 Å². The van der Waals surface area contributed by atoms with Crippen molar-refractivity contribution in [2.24, 2.45) is 0 Å². The predicted molar refractivity (Wildman–Crippen MR) is 71.7 cm³/mol. The lowest BCUT2D eigenvalue weighted by atomic mass is 10.1. The quantitative estimate of drug-likeness (QED) is 0.829. The van der Waals surface area contributed by atoms with Crippen LogP contribution >= 0.6 is 0 Å². The van der Waals surface area contributed by atoms with Crippen molar-refractivity contribution in [3.05, 3.63) is 24.0 Å². The van der Waals surface area contributed by atoms with Crippen LogP contribution in [0.4, 0.5) is 5.69 Å². The van der Waals surface area contributed by atoms with E-state index < -0.39 is 5.60 Å². The Kier molecular flexibility index (Phi) is 4.67. The van der Waals surface area contributed by atoms with E-state index in [1.54, 1.807) is 44.1 Å². The Balaban J connectivity index is 2.89. The molecule has 0 aliphatic heterocycles. The van der Waals surface area contributed by atoms with Crippen LogP contribution in [0, 0.1) is 0 Å². The first kappa shape index (κ1) is 14.4. The molecule has 0 spiro atoms. The van der Waals surface area contributed by atoms with E-state index in [0.29, 0.717) is 12.2 Å². The molecule has 0 atom stereocenters. The van der Waals surface area contributed by atoms with Crippen LogP contribution in [0.5, 0.6) is 0 Å². The average Bonchev–Trinajstić information content (AvgIpc) is 2.34. The van der Waals surface area contributed by atoms with Gasteiger partial charge in [0.1, 0.15) is 5.69 Å². The number of rotatable bonds is 5. The number of carbonyl (C=O) groups excluding carboxylic acids is 1. The molecule has 100 valence electrons. The Morgan fingerprint density at radius 3 is 2.72 bits per heavy atom. The van der Waals surface area contributed by atoms with Gasteiger partial charge in [-0.25, -0.2) is 0 Å². The molecule has 0 unspecified atom stereocenters. The molecule has 18 heavy (non-hydrogen) atoms. The summed E-state index contributed by atoms with van der Waals surface area (Å²) in [6.45, 7) is 6.06. The van der Waals surface area contributed by atoms with Crippen LogP contribution in [0.1, 0.15) is 31.3 Å². The summed E-state index contributed by atoms with van der Waals surface area (Å²) in [6.07, 6.45) is 1.59. The van der Waals surface area contributed by atoms with Crippen LogP contribution in [0.25, 0.3) is 0 Å². The molecule has 0 aliphatic carbocycles.